The standard InChI is InChI=1S/C23H24ClNO5/c1-15(25-12-22(27)17-3-2-4-18(24)10-17)9-16-5-7-19(8-6-16)29-13-20-11-21(26)23(28)14-30-20/h2-8,10-11,14-15,22,25,27-28H,9,12-13H2,1H3. The van der Waals surface area contributed by atoms with Crippen molar-refractivity contribution in [2.75, 3.05) is 6.54 Å². The molecule has 7 heteroatoms. The number of halogens is 1. The fourth-order valence-electron chi connectivity index (χ4n) is 2.97. The Morgan fingerprint density at radius 2 is 1.93 bits per heavy atom. The minimum absolute atomic E-state index is 0.0915. The maximum Gasteiger partial charge on any atom is 0.226 e. The number of hydrogen-bond acceptors (Lipinski definition) is 6. The summed E-state index contributed by atoms with van der Waals surface area (Å²) in [6.07, 6.45) is 1.17. The largest absolute Gasteiger partial charge is 0.502 e. The summed E-state index contributed by atoms with van der Waals surface area (Å²) >= 11 is 5.97. The third-order valence-corrected chi connectivity index (χ3v) is 4.84. The van der Waals surface area contributed by atoms with Crippen LogP contribution in [0.2, 0.25) is 5.02 Å². The Morgan fingerprint density at radius 3 is 2.63 bits per heavy atom. The predicted octanol–water partition coefficient (Wildman–Crippen LogP) is 3.83. The number of hydrogen-bond donors (Lipinski definition) is 3. The lowest BCUT2D eigenvalue weighted by Crippen LogP contribution is -2.32. The molecule has 1 aromatic heterocycles. The summed E-state index contributed by atoms with van der Waals surface area (Å²) in [5.74, 6) is 0.551. The molecule has 0 aliphatic carbocycles. The zero-order chi connectivity index (χ0) is 21.5. The molecule has 158 valence electrons. The smallest absolute Gasteiger partial charge is 0.226 e. The van der Waals surface area contributed by atoms with Crippen LogP contribution in [0.5, 0.6) is 11.5 Å². The molecule has 0 radical (unpaired) electrons. The van der Waals surface area contributed by atoms with Crippen LogP contribution in [0.25, 0.3) is 0 Å². The third-order valence-electron chi connectivity index (χ3n) is 4.61. The van der Waals surface area contributed by atoms with Gasteiger partial charge >= 0.3 is 0 Å². The van der Waals surface area contributed by atoms with Crippen LogP contribution < -0.4 is 15.5 Å². The molecule has 1 heterocycles. The highest BCUT2D eigenvalue weighted by Crippen LogP contribution is 2.18. The van der Waals surface area contributed by atoms with Gasteiger partial charge in [-0.05, 0) is 48.7 Å². The molecule has 2 unspecified atom stereocenters. The van der Waals surface area contributed by atoms with Gasteiger partial charge in [0.2, 0.25) is 5.43 Å². The van der Waals surface area contributed by atoms with E-state index in [-0.39, 0.29) is 12.6 Å². The maximum absolute atomic E-state index is 11.4. The molecule has 0 spiro atoms. The Kier molecular flexibility index (Phi) is 7.52. The van der Waals surface area contributed by atoms with E-state index in [0.717, 1.165) is 23.8 Å². The lowest BCUT2D eigenvalue weighted by Gasteiger charge is -2.18. The molecule has 2 atom stereocenters. The van der Waals surface area contributed by atoms with E-state index in [4.69, 9.17) is 20.8 Å². The van der Waals surface area contributed by atoms with Crippen molar-refractivity contribution >= 4 is 11.6 Å². The second kappa shape index (κ2) is 10.3. The Bertz CT molecular complexity index is 1020. The van der Waals surface area contributed by atoms with Crippen LogP contribution in [0, 0.1) is 0 Å². The Labute approximate surface area is 179 Å². The number of ether oxygens (including phenoxy) is 1. The predicted molar refractivity (Wildman–Crippen MR) is 115 cm³/mol. The molecular weight excluding hydrogens is 406 g/mol. The molecule has 0 saturated heterocycles. The second-order valence-electron chi connectivity index (χ2n) is 7.11. The van der Waals surface area contributed by atoms with Gasteiger partial charge < -0.3 is 24.7 Å². The number of benzene rings is 2. The Hall–Kier alpha value is -2.80. The van der Waals surface area contributed by atoms with Crippen LogP contribution in [-0.2, 0) is 13.0 Å². The first-order valence-electron chi connectivity index (χ1n) is 9.60. The number of rotatable bonds is 9. The van der Waals surface area contributed by atoms with Crippen LogP contribution in [0.4, 0.5) is 0 Å². The molecule has 30 heavy (non-hydrogen) atoms. The van der Waals surface area contributed by atoms with E-state index >= 15 is 0 Å². The summed E-state index contributed by atoms with van der Waals surface area (Å²) in [5.41, 5.74) is 1.40. The van der Waals surface area contributed by atoms with Crippen molar-refractivity contribution in [1.82, 2.24) is 5.32 Å². The van der Waals surface area contributed by atoms with Crippen molar-refractivity contribution in [3.63, 3.8) is 0 Å². The quantitative estimate of drug-likeness (QED) is 0.478. The van der Waals surface area contributed by atoms with E-state index in [2.05, 4.69) is 12.2 Å². The summed E-state index contributed by atoms with van der Waals surface area (Å²) in [6.45, 7) is 2.58. The van der Waals surface area contributed by atoms with Crippen LogP contribution in [0.1, 0.15) is 29.9 Å². The third kappa shape index (κ3) is 6.35. The van der Waals surface area contributed by atoms with Crippen molar-refractivity contribution in [3.05, 3.63) is 93.0 Å². The average Bonchev–Trinajstić information content (AvgIpc) is 2.74. The first-order valence-corrected chi connectivity index (χ1v) is 9.98. The summed E-state index contributed by atoms with van der Waals surface area (Å²) in [5, 5.41) is 23.4. The van der Waals surface area contributed by atoms with E-state index < -0.39 is 17.3 Å². The zero-order valence-electron chi connectivity index (χ0n) is 16.5. The molecule has 3 N–H and O–H groups in total. The fourth-order valence-corrected chi connectivity index (χ4v) is 3.16. The van der Waals surface area contributed by atoms with E-state index in [9.17, 15) is 15.0 Å². The average molecular weight is 430 g/mol. The lowest BCUT2D eigenvalue weighted by atomic mass is 10.1. The molecular formula is C23H24ClNO5. The maximum atomic E-state index is 11.4. The first-order chi connectivity index (χ1) is 14.4. The number of nitrogens with one attached hydrogen (secondary N) is 1. The summed E-state index contributed by atoms with van der Waals surface area (Å²) in [7, 11) is 0. The minimum atomic E-state index is -0.623. The molecule has 0 aliphatic rings. The van der Waals surface area contributed by atoms with Crippen LogP contribution in [0.3, 0.4) is 0 Å². The molecule has 0 bridgehead atoms. The van der Waals surface area contributed by atoms with Gasteiger partial charge in [-0.3, -0.25) is 4.79 Å². The van der Waals surface area contributed by atoms with Crippen molar-refractivity contribution in [3.8, 4) is 11.5 Å². The van der Waals surface area contributed by atoms with Gasteiger partial charge in [-0.15, -0.1) is 0 Å². The normalized spacial score (nSPS) is 13.0. The van der Waals surface area contributed by atoms with Crippen molar-refractivity contribution in [2.45, 2.75) is 32.1 Å². The van der Waals surface area contributed by atoms with Crippen molar-refractivity contribution in [1.29, 1.82) is 0 Å². The first kappa shape index (κ1) is 21.9. The molecule has 0 fully saturated rings. The topological polar surface area (TPSA) is 91.9 Å². The van der Waals surface area contributed by atoms with E-state index in [0.29, 0.717) is 23.1 Å². The second-order valence-corrected chi connectivity index (χ2v) is 7.55. The molecule has 0 amide bonds. The zero-order valence-corrected chi connectivity index (χ0v) is 17.3. The van der Waals surface area contributed by atoms with Gasteiger partial charge in [-0.1, -0.05) is 35.9 Å². The van der Waals surface area contributed by atoms with Crippen molar-refractivity contribution in [2.24, 2.45) is 0 Å². The van der Waals surface area contributed by atoms with E-state index in [1.54, 1.807) is 12.1 Å². The number of aliphatic hydroxyl groups is 1. The molecule has 0 saturated carbocycles. The molecule has 2 aromatic carbocycles. The highest BCUT2D eigenvalue weighted by atomic mass is 35.5. The van der Waals surface area contributed by atoms with E-state index in [1.807, 2.05) is 36.4 Å². The number of aliphatic hydroxyl groups excluding tert-OH is 1. The summed E-state index contributed by atoms with van der Waals surface area (Å²) in [4.78, 5) is 11.4. The van der Waals surface area contributed by atoms with Crippen molar-refractivity contribution < 1.29 is 19.4 Å². The Balaban J connectivity index is 1.46. The molecule has 0 aliphatic heterocycles. The SMILES string of the molecule is CC(Cc1ccc(OCc2cc(=O)c(O)co2)cc1)NCC(O)c1cccc(Cl)c1. The van der Waals surface area contributed by atoms with Gasteiger partial charge in [0.25, 0.3) is 0 Å². The summed E-state index contributed by atoms with van der Waals surface area (Å²) in [6, 6.07) is 16.2. The highest BCUT2D eigenvalue weighted by Gasteiger charge is 2.11. The Morgan fingerprint density at radius 1 is 1.17 bits per heavy atom. The molecule has 3 aromatic rings. The minimum Gasteiger partial charge on any atom is -0.502 e. The highest BCUT2D eigenvalue weighted by molar-refractivity contribution is 6.30. The van der Waals surface area contributed by atoms with Gasteiger partial charge in [-0.2, -0.15) is 0 Å². The van der Waals surface area contributed by atoms with Gasteiger partial charge in [0.05, 0.1) is 6.10 Å². The lowest BCUT2D eigenvalue weighted by molar-refractivity contribution is 0.170. The van der Waals surface area contributed by atoms with Gasteiger partial charge in [0.15, 0.2) is 5.75 Å². The fraction of sp³-hybridized carbons (Fsp3) is 0.261. The van der Waals surface area contributed by atoms with E-state index in [1.165, 1.54) is 6.07 Å². The van der Waals surface area contributed by atoms with Gasteiger partial charge in [-0.25, -0.2) is 0 Å². The van der Waals surface area contributed by atoms with Crippen LogP contribution >= 0.6 is 11.6 Å². The van der Waals surface area contributed by atoms with Crippen LogP contribution in [0.15, 0.2) is 70.1 Å². The summed E-state index contributed by atoms with van der Waals surface area (Å²) < 4.78 is 10.7. The van der Waals surface area contributed by atoms with Gasteiger partial charge in [0.1, 0.15) is 24.4 Å². The number of aromatic hydroxyl groups is 1. The van der Waals surface area contributed by atoms with Gasteiger partial charge in [0, 0.05) is 23.7 Å². The molecule has 6 nitrogen and oxygen atoms in total. The van der Waals surface area contributed by atoms with Crippen LogP contribution in [-0.4, -0.2) is 22.8 Å². The molecule has 3 rings (SSSR count). The monoisotopic (exact) mass is 429 g/mol.